The molecule has 0 bridgehead atoms. The van der Waals surface area contributed by atoms with E-state index in [1.54, 1.807) is 30.2 Å². The van der Waals surface area contributed by atoms with E-state index < -0.39 is 0 Å². The second-order valence-corrected chi connectivity index (χ2v) is 7.08. The normalized spacial score (nSPS) is 17.7. The van der Waals surface area contributed by atoms with E-state index in [9.17, 15) is 9.59 Å². The average molecular weight is 393 g/mol. The predicted molar refractivity (Wildman–Crippen MR) is 111 cm³/mol. The smallest absolute Gasteiger partial charge is 0.244 e. The number of nitrogens with zero attached hydrogens (tertiary/aromatic N) is 2. The van der Waals surface area contributed by atoms with E-state index in [0.29, 0.717) is 22.9 Å². The largest absolute Gasteiger partial charge is 0.497 e. The van der Waals surface area contributed by atoms with Crippen LogP contribution in [0.2, 0.25) is 0 Å². The monoisotopic (exact) mass is 393 g/mol. The van der Waals surface area contributed by atoms with Crippen molar-refractivity contribution in [1.82, 2.24) is 0 Å². The minimum atomic E-state index is -0.307. The third-order valence-electron chi connectivity index (χ3n) is 5.31. The lowest BCUT2D eigenvalue weighted by molar-refractivity contribution is -0.123. The number of carbonyl (C=O) groups excluding carboxylic acids is 2. The Kier molecular flexibility index (Phi) is 5.20. The summed E-state index contributed by atoms with van der Waals surface area (Å²) in [6.45, 7) is -0.0929. The average Bonchev–Trinajstić information content (AvgIpc) is 3.16. The lowest BCUT2D eigenvalue weighted by Gasteiger charge is -2.24. The molecule has 2 aromatic rings. The number of benzene rings is 2. The summed E-state index contributed by atoms with van der Waals surface area (Å²) in [6.07, 6.45) is 2.55. The Hall–Kier alpha value is -3.35. The SMILES string of the molecule is COc1ccc(NC(=O)CN2C(=O)[C@H]3CCCC3=Nc3ccccc32)c(OC)c1. The van der Waals surface area contributed by atoms with Gasteiger partial charge in [0.15, 0.2) is 0 Å². The lowest BCUT2D eigenvalue weighted by atomic mass is 10.1. The number of carbonyl (C=O) groups is 2. The van der Waals surface area contributed by atoms with Crippen LogP contribution in [0.5, 0.6) is 11.5 Å². The quantitative estimate of drug-likeness (QED) is 0.842. The number of fused-ring (bicyclic) bond motifs is 2. The highest BCUT2D eigenvalue weighted by molar-refractivity contribution is 6.16. The molecular formula is C22H23N3O4. The number of amides is 2. The molecule has 4 rings (SSSR count). The molecule has 1 fully saturated rings. The van der Waals surface area contributed by atoms with E-state index in [4.69, 9.17) is 14.5 Å². The first-order chi connectivity index (χ1) is 14.1. The lowest BCUT2D eigenvalue weighted by Crippen LogP contribution is -2.41. The number of anilines is 2. The van der Waals surface area contributed by atoms with Crippen LogP contribution in [-0.2, 0) is 9.59 Å². The van der Waals surface area contributed by atoms with E-state index in [2.05, 4.69) is 5.32 Å². The van der Waals surface area contributed by atoms with Crippen LogP contribution < -0.4 is 19.7 Å². The zero-order valence-electron chi connectivity index (χ0n) is 16.5. The molecule has 2 amide bonds. The van der Waals surface area contributed by atoms with Crippen molar-refractivity contribution in [3.05, 3.63) is 42.5 Å². The fourth-order valence-corrected chi connectivity index (χ4v) is 3.87. The fourth-order valence-electron chi connectivity index (χ4n) is 3.87. The Morgan fingerprint density at radius 2 is 2.03 bits per heavy atom. The van der Waals surface area contributed by atoms with Crippen LogP contribution in [0.3, 0.4) is 0 Å². The molecule has 1 aliphatic carbocycles. The Bertz CT molecular complexity index is 986. The van der Waals surface area contributed by atoms with Crippen molar-refractivity contribution in [1.29, 1.82) is 0 Å². The van der Waals surface area contributed by atoms with Gasteiger partial charge in [-0.3, -0.25) is 14.6 Å². The van der Waals surface area contributed by atoms with Gasteiger partial charge in [0.2, 0.25) is 11.8 Å². The first kappa shape index (κ1) is 19.0. The van der Waals surface area contributed by atoms with Gasteiger partial charge < -0.3 is 19.7 Å². The summed E-state index contributed by atoms with van der Waals surface area (Å²) < 4.78 is 10.5. The van der Waals surface area contributed by atoms with Gasteiger partial charge in [0.25, 0.3) is 0 Å². The Morgan fingerprint density at radius 1 is 1.21 bits per heavy atom. The number of rotatable bonds is 5. The highest BCUT2D eigenvalue weighted by Crippen LogP contribution is 2.38. The maximum absolute atomic E-state index is 13.2. The van der Waals surface area contributed by atoms with Crippen LogP contribution in [0.1, 0.15) is 19.3 Å². The Balaban J connectivity index is 1.59. The second-order valence-electron chi connectivity index (χ2n) is 7.08. The summed E-state index contributed by atoms with van der Waals surface area (Å²) in [5, 5.41) is 2.84. The van der Waals surface area contributed by atoms with Crippen LogP contribution in [0.4, 0.5) is 17.1 Å². The Labute approximate surface area is 169 Å². The van der Waals surface area contributed by atoms with E-state index in [1.807, 2.05) is 24.3 Å². The molecule has 0 saturated heterocycles. The summed E-state index contributed by atoms with van der Waals surface area (Å²) in [5.74, 6) is 0.496. The van der Waals surface area contributed by atoms with Crippen LogP contribution in [0, 0.1) is 5.92 Å². The minimum absolute atomic E-state index is 0.0666. The minimum Gasteiger partial charge on any atom is -0.497 e. The van der Waals surface area contributed by atoms with Crippen molar-refractivity contribution in [2.45, 2.75) is 19.3 Å². The fraction of sp³-hybridized carbons (Fsp3) is 0.318. The van der Waals surface area contributed by atoms with Crippen molar-refractivity contribution in [2.24, 2.45) is 10.9 Å². The molecule has 1 atom stereocenters. The van der Waals surface area contributed by atoms with E-state index in [-0.39, 0.29) is 24.3 Å². The molecule has 1 aliphatic heterocycles. The van der Waals surface area contributed by atoms with Gasteiger partial charge in [-0.15, -0.1) is 0 Å². The van der Waals surface area contributed by atoms with Gasteiger partial charge in [-0.2, -0.15) is 0 Å². The molecule has 0 radical (unpaired) electrons. The molecule has 2 aromatic carbocycles. The highest BCUT2D eigenvalue weighted by Gasteiger charge is 2.37. The summed E-state index contributed by atoms with van der Waals surface area (Å²) in [4.78, 5) is 32.3. The topological polar surface area (TPSA) is 80.2 Å². The molecule has 1 N–H and O–H groups in total. The van der Waals surface area contributed by atoms with E-state index in [0.717, 1.165) is 30.7 Å². The highest BCUT2D eigenvalue weighted by atomic mass is 16.5. The maximum Gasteiger partial charge on any atom is 0.244 e. The number of para-hydroxylation sites is 2. The molecule has 0 unspecified atom stereocenters. The number of methoxy groups -OCH3 is 2. The molecule has 1 saturated carbocycles. The number of hydrogen-bond donors (Lipinski definition) is 1. The van der Waals surface area contributed by atoms with Gasteiger partial charge in [-0.1, -0.05) is 12.1 Å². The zero-order chi connectivity index (χ0) is 20.4. The standard InChI is InChI=1S/C22H23N3O4/c1-28-14-10-11-18(20(12-14)29-2)24-21(26)13-25-19-9-4-3-7-17(19)23-16-8-5-6-15(16)22(25)27/h3-4,7,9-12,15H,5-6,8,13H2,1-2H3,(H,24,26)/t15-/m0/s1. The molecule has 29 heavy (non-hydrogen) atoms. The summed E-state index contributed by atoms with van der Waals surface area (Å²) in [5.41, 5.74) is 2.83. The van der Waals surface area contributed by atoms with Crippen LogP contribution in [0.25, 0.3) is 0 Å². The molecule has 0 spiro atoms. The zero-order valence-corrected chi connectivity index (χ0v) is 16.5. The number of ether oxygens (including phenoxy) is 2. The van der Waals surface area contributed by atoms with E-state index in [1.165, 1.54) is 7.11 Å². The molecule has 0 aromatic heterocycles. The van der Waals surface area contributed by atoms with Crippen molar-refractivity contribution >= 4 is 34.6 Å². The van der Waals surface area contributed by atoms with Crippen molar-refractivity contribution in [3.8, 4) is 11.5 Å². The first-order valence-corrected chi connectivity index (χ1v) is 9.60. The molecular weight excluding hydrogens is 370 g/mol. The Morgan fingerprint density at radius 3 is 2.83 bits per heavy atom. The molecule has 7 nitrogen and oxygen atoms in total. The first-order valence-electron chi connectivity index (χ1n) is 9.60. The molecule has 2 aliphatic rings. The number of nitrogens with one attached hydrogen (secondary N) is 1. The number of aliphatic imine (C=N–C) groups is 1. The third-order valence-corrected chi connectivity index (χ3v) is 5.31. The van der Waals surface area contributed by atoms with Crippen molar-refractivity contribution in [3.63, 3.8) is 0 Å². The van der Waals surface area contributed by atoms with Crippen LogP contribution in [-0.4, -0.2) is 38.3 Å². The molecule has 1 heterocycles. The summed E-state index contributed by atoms with van der Waals surface area (Å²) >= 11 is 0. The third kappa shape index (κ3) is 3.68. The molecule has 150 valence electrons. The number of hydrogen-bond acceptors (Lipinski definition) is 5. The summed E-state index contributed by atoms with van der Waals surface area (Å²) in [7, 11) is 3.09. The second kappa shape index (κ2) is 7.95. The van der Waals surface area contributed by atoms with Gasteiger partial charge in [0.1, 0.15) is 18.0 Å². The van der Waals surface area contributed by atoms with Crippen molar-refractivity contribution in [2.75, 3.05) is 31.0 Å². The van der Waals surface area contributed by atoms with Gasteiger partial charge in [0, 0.05) is 11.8 Å². The summed E-state index contributed by atoms with van der Waals surface area (Å²) in [6, 6.07) is 12.6. The van der Waals surface area contributed by atoms with Gasteiger partial charge >= 0.3 is 0 Å². The predicted octanol–water partition coefficient (Wildman–Crippen LogP) is 3.56. The van der Waals surface area contributed by atoms with Crippen LogP contribution in [0.15, 0.2) is 47.5 Å². The van der Waals surface area contributed by atoms with Crippen molar-refractivity contribution < 1.29 is 19.1 Å². The van der Waals surface area contributed by atoms with E-state index >= 15 is 0 Å². The van der Waals surface area contributed by atoms with Crippen LogP contribution >= 0.6 is 0 Å². The molecule has 7 heteroatoms. The maximum atomic E-state index is 13.2. The van der Waals surface area contributed by atoms with Gasteiger partial charge in [-0.25, -0.2) is 0 Å². The van der Waals surface area contributed by atoms with Gasteiger partial charge in [0.05, 0.1) is 37.2 Å². The van der Waals surface area contributed by atoms with Gasteiger partial charge in [-0.05, 0) is 43.5 Å².